The second kappa shape index (κ2) is 9.79. The number of aromatic nitrogens is 3. The van der Waals surface area contributed by atoms with Crippen molar-refractivity contribution in [1.82, 2.24) is 14.8 Å². The van der Waals surface area contributed by atoms with Crippen LogP contribution in [0.15, 0.2) is 78.0 Å². The van der Waals surface area contributed by atoms with Gasteiger partial charge in [0.2, 0.25) is 12.7 Å². The lowest BCUT2D eigenvalue weighted by Crippen LogP contribution is -2.23. The van der Waals surface area contributed by atoms with E-state index in [4.69, 9.17) is 21.1 Å². The molecule has 0 bridgehead atoms. The molecule has 0 spiro atoms. The van der Waals surface area contributed by atoms with Gasteiger partial charge in [0.1, 0.15) is 0 Å². The fourth-order valence-electron chi connectivity index (χ4n) is 3.56. The number of carbonyl (C=O) groups excluding carboxylic acids is 1. The Morgan fingerprint density at radius 2 is 1.82 bits per heavy atom. The predicted octanol–water partition coefficient (Wildman–Crippen LogP) is 5.49. The molecule has 1 atom stereocenters. The largest absolute Gasteiger partial charge is 0.454 e. The third kappa shape index (κ3) is 4.73. The number of ether oxygens (including phenoxy) is 2. The molecule has 7 nitrogen and oxygen atoms in total. The molecular formula is C25H21ClN4O3S. The summed E-state index contributed by atoms with van der Waals surface area (Å²) in [5.74, 6) is 1.78. The van der Waals surface area contributed by atoms with E-state index < -0.39 is 5.25 Å². The SMILES string of the molecule is CC(Sc1nnc(-c2ccccc2Cl)n1Cc1ccccc1)C(=O)Nc1ccc2c(c1)OCO2. The van der Waals surface area contributed by atoms with Crippen LogP contribution in [0, 0.1) is 0 Å². The van der Waals surface area contributed by atoms with Crippen LogP contribution in [-0.4, -0.2) is 32.7 Å². The first-order valence-corrected chi connectivity index (χ1v) is 11.9. The summed E-state index contributed by atoms with van der Waals surface area (Å²) in [7, 11) is 0. The fourth-order valence-corrected chi connectivity index (χ4v) is 4.62. The van der Waals surface area contributed by atoms with E-state index in [0.717, 1.165) is 11.1 Å². The molecule has 1 N–H and O–H groups in total. The summed E-state index contributed by atoms with van der Waals surface area (Å²) in [6.45, 7) is 2.57. The molecule has 1 aliphatic heterocycles. The van der Waals surface area contributed by atoms with Gasteiger partial charge in [0.25, 0.3) is 0 Å². The van der Waals surface area contributed by atoms with Crippen LogP contribution in [0.1, 0.15) is 12.5 Å². The van der Waals surface area contributed by atoms with Crippen molar-refractivity contribution >= 4 is 35.0 Å². The first-order valence-electron chi connectivity index (χ1n) is 10.7. The molecule has 4 aromatic rings. The molecule has 5 rings (SSSR count). The zero-order valence-corrected chi connectivity index (χ0v) is 19.8. The minimum absolute atomic E-state index is 0.155. The third-order valence-corrected chi connectivity index (χ3v) is 6.72. The van der Waals surface area contributed by atoms with Crippen LogP contribution in [0.4, 0.5) is 5.69 Å². The van der Waals surface area contributed by atoms with Gasteiger partial charge >= 0.3 is 0 Å². The number of halogens is 1. The highest BCUT2D eigenvalue weighted by Gasteiger charge is 2.23. The van der Waals surface area contributed by atoms with Crippen molar-refractivity contribution in [2.75, 3.05) is 12.1 Å². The molecule has 1 aliphatic rings. The van der Waals surface area contributed by atoms with Crippen molar-refractivity contribution in [2.45, 2.75) is 23.9 Å². The van der Waals surface area contributed by atoms with E-state index in [-0.39, 0.29) is 12.7 Å². The number of anilines is 1. The van der Waals surface area contributed by atoms with Crippen LogP contribution >= 0.6 is 23.4 Å². The number of nitrogens with zero attached hydrogens (tertiary/aromatic N) is 3. The van der Waals surface area contributed by atoms with Gasteiger partial charge in [-0.1, -0.05) is 65.8 Å². The van der Waals surface area contributed by atoms with E-state index in [1.165, 1.54) is 11.8 Å². The van der Waals surface area contributed by atoms with Crippen LogP contribution in [0.5, 0.6) is 11.5 Å². The number of amides is 1. The van der Waals surface area contributed by atoms with Crippen LogP contribution in [0.3, 0.4) is 0 Å². The Morgan fingerprint density at radius 1 is 1.06 bits per heavy atom. The molecule has 34 heavy (non-hydrogen) atoms. The molecule has 0 aliphatic carbocycles. The molecular weight excluding hydrogens is 472 g/mol. The first kappa shape index (κ1) is 22.3. The van der Waals surface area contributed by atoms with Crippen molar-refractivity contribution in [1.29, 1.82) is 0 Å². The van der Waals surface area contributed by atoms with Crippen molar-refractivity contribution < 1.29 is 14.3 Å². The molecule has 3 aromatic carbocycles. The summed E-state index contributed by atoms with van der Waals surface area (Å²) in [4.78, 5) is 12.9. The second-order valence-electron chi connectivity index (χ2n) is 7.68. The van der Waals surface area contributed by atoms with Gasteiger partial charge in [-0.05, 0) is 36.8 Å². The molecule has 172 valence electrons. The van der Waals surface area contributed by atoms with Gasteiger partial charge in [0, 0.05) is 17.3 Å². The van der Waals surface area contributed by atoms with E-state index >= 15 is 0 Å². The number of hydrogen-bond donors (Lipinski definition) is 1. The minimum Gasteiger partial charge on any atom is -0.454 e. The molecule has 0 fully saturated rings. The maximum absolute atomic E-state index is 12.9. The number of rotatable bonds is 7. The molecule has 1 unspecified atom stereocenters. The van der Waals surface area contributed by atoms with E-state index in [2.05, 4.69) is 15.5 Å². The van der Waals surface area contributed by atoms with E-state index in [1.54, 1.807) is 18.2 Å². The summed E-state index contributed by atoms with van der Waals surface area (Å²) in [5.41, 5.74) is 2.52. The van der Waals surface area contributed by atoms with Crippen LogP contribution in [0.25, 0.3) is 11.4 Å². The van der Waals surface area contributed by atoms with Crippen molar-refractivity contribution in [2.24, 2.45) is 0 Å². The van der Waals surface area contributed by atoms with E-state index in [1.807, 2.05) is 66.1 Å². The first-order chi connectivity index (χ1) is 16.6. The zero-order chi connectivity index (χ0) is 23.5. The Kier molecular flexibility index (Phi) is 6.42. The number of thioether (sulfide) groups is 1. The number of hydrogen-bond acceptors (Lipinski definition) is 6. The van der Waals surface area contributed by atoms with Crippen molar-refractivity contribution in [3.05, 3.63) is 83.4 Å². The van der Waals surface area contributed by atoms with Gasteiger partial charge in [0.05, 0.1) is 16.8 Å². The topological polar surface area (TPSA) is 78.3 Å². The van der Waals surface area contributed by atoms with E-state index in [0.29, 0.717) is 39.7 Å². The maximum atomic E-state index is 12.9. The molecule has 2 heterocycles. The highest BCUT2D eigenvalue weighted by atomic mass is 35.5. The van der Waals surface area contributed by atoms with E-state index in [9.17, 15) is 4.79 Å². The highest BCUT2D eigenvalue weighted by Crippen LogP contribution is 2.35. The van der Waals surface area contributed by atoms with Gasteiger partial charge < -0.3 is 14.8 Å². The monoisotopic (exact) mass is 492 g/mol. The smallest absolute Gasteiger partial charge is 0.237 e. The van der Waals surface area contributed by atoms with Gasteiger partial charge in [0.15, 0.2) is 22.5 Å². The summed E-state index contributed by atoms with van der Waals surface area (Å²) in [6, 6.07) is 22.9. The summed E-state index contributed by atoms with van der Waals surface area (Å²) < 4.78 is 12.7. The Morgan fingerprint density at radius 3 is 2.65 bits per heavy atom. The molecule has 0 saturated heterocycles. The third-order valence-electron chi connectivity index (χ3n) is 5.31. The van der Waals surface area contributed by atoms with Crippen LogP contribution < -0.4 is 14.8 Å². The maximum Gasteiger partial charge on any atom is 0.237 e. The van der Waals surface area contributed by atoms with Crippen LogP contribution in [0.2, 0.25) is 5.02 Å². The predicted molar refractivity (Wildman–Crippen MR) is 133 cm³/mol. The van der Waals surface area contributed by atoms with Gasteiger partial charge in [-0.15, -0.1) is 10.2 Å². The minimum atomic E-state index is -0.428. The average molecular weight is 493 g/mol. The quantitative estimate of drug-likeness (QED) is 0.343. The number of benzene rings is 3. The normalized spacial score (nSPS) is 13.0. The Labute approximate surface area is 206 Å². The summed E-state index contributed by atoms with van der Waals surface area (Å²) >= 11 is 7.80. The number of fused-ring (bicyclic) bond motifs is 1. The Bertz CT molecular complexity index is 1330. The summed E-state index contributed by atoms with van der Waals surface area (Å²) in [5, 5.41) is 12.6. The zero-order valence-electron chi connectivity index (χ0n) is 18.3. The molecule has 9 heteroatoms. The standard InChI is InChI=1S/C25H21ClN4O3S/c1-16(24(31)27-18-11-12-21-22(13-18)33-15-32-21)34-25-29-28-23(19-9-5-6-10-20(19)26)30(25)14-17-7-3-2-4-8-17/h2-13,16H,14-15H2,1H3,(H,27,31). The lowest BCUT2D eigenvalue weighted by molar-refractivity contribution is -0.115. The highest BCUT2D eigenvalue weighted by molar-refractivity contribution is 8.00. The lowest BCUT2D eigenvalue weighted by atomic mass is 10.2. The Hall–Kier alpha value is -3.49. The average Bonchev–Trinajstić information content (AvgIpc) is 3.47. The van der Waals surface area contributed by atoms with Gasteiger partial charge in [-0.25, -0.2) is 0 Å². The van der Waals surface area contributed by atoms with Crippen molar-refractivity contribution in [3.63, 3.8) is 0 Å². The Balaban J connectivity index is 1.39. The fraction of sp³-hybridized carbons (Fsp3) is 0.160. The van der Waals surface area contributed by atoms with Crippen molar-refractivity contribution in [3.8, 4) is 22.9 Å². The number of carbonyl (C=O) groups is 1. The van der Waals surface area contributed by atoms with Crippen LogP contribution in [-0.2, 0) is 11.3 Å². The number of nitrogens with one attached hydrogen (secondary N) is 1. The van der Waals surface area contributed by atoms with Gasteiger partial charge in [-0.3, -0.25) is 9.36 Å². The molecule has 0 saturated carbocycles. The molecule has 1 aromatic heterocycles. The molecule has 1 amide bonds. The lowest BCUT2D eigenvalue weighted by Gasteiger charge is -2.14. The molecule has 0 radical (unpaired) electrons. The summed E-state index contributed by atoms with van der Waals surface area (Å²) in [6.07, 6.45) is 0. The van der Waals surface area contributed by atoms with Gasteiger partial charge in [-0.2, -0.15) is 0 Å². The second-order valence-corrected chi connectivity index (χ2v) is 9.39.